The lowest BCUT2D eigenvalue weighted by Crippen LogP contribution is -2.14. The van der Waals surface area contributed by atoms with Gasteiger partial charge in [-0.1, -0.05) is 6.07 Å². The van der Waals surface area contributed by atoms with Crippen molar-refractivity contribution >= 4 is 0 Å². The molecule has 0 aliphatic heterocycles. The smallest absolute Gasteiger partial charge is 0.162 e. The third kappa shape index (κ3) is 2.23. The largest absolute Gasteiger partial charge is 0.504 e. The second kappa shape index (κ2) is 5.42. The highest BCUT2D eigenvalue weighted by Crippen LogP contribution is 2.44. The number of hydrogen-bond donors (Lipinski definition) is 5. The average molecular weight is 301 g/mol. The fourth-order valence-electron chi connectivity index (χ4n) is 3.33. The Labute approximate surface area is 128 Å². The fraction of sp³-hybridized carbons (Fsp3) is 0.294. The highest BCUT2D eigenvalue weighted by Gasteiger charge is 2.26. The van der Waals surface area contributed by atoms with Crippen molar-refractivity contribution in [3.63, 3.8) is 0 Å². The van der Waals surface area contributed by atoms with Crippen LogP contribution in [0.3, 0.4) is 0 Å². The number of rotatable bonds is 2. The lowest BCUT2D eigenvalue weighted by molar-refractivity contribution is 0.396. The topological polar surface area (TPSA) is 107 Å². The summed E-state index contributed by atoms with van der Waals surface area (Å²) in [5.41, 5.74) is 9.03. The third-order valence-corrected chi connectivity index (χ3v) is 4.43. The van der Waals surface area contributed by atoms with Crippen LogP contribution in [-0.4, -0.2) is 20.4 Å². The zero-order chi connectivity index (χ0) is 15.9. The van der Waals surface area contributed by atoms with Gasteiger partial charge in [-0.15, -0.1) is 0 Å². The number of aryl methyl sites for hydroxylation is 1. The van der Waals surface area contributed by atoms with Gasteiger partial charge in [0.05, 0.1) is 0 Å². The van der Waals surface area contributed by atoms with Gasteiger partial charge in [0.25, 0.3) is 0 Å². The number of aromatic hydroxyl groups is 4. The summed E-state index contributed by atoms with van der Waals surface area (Å²) in [6, 6.07) is 6.40. The van der Waals surface area contributed by atoms with Crippen molar-refractivity contribution in [1.82, 2.24) is 0 Å². The van der Waals surface area contributed by atoms with Crippen molar-refractivity contribution in [3.8, 4) is 23.0 Å². The molecular formula is C17H19NO4. The second-order valence-electron chi connectivity index (χ2n) is 5.69. The van der Waals surface area contributed by atoms with Crippen LogP contribution in [0, 0.1) is 0 Å². The Morgan fingerprint density at radius 2 is 1.68 bits per heavy atom. The normalized spacial score (nSPS) is 17.2. The van der Waals surface area contributed by atoms with Gasteiger partial charge in [-0.3, -0.25) is 0 Å². The van der Waals surface area contributed by atoms with Crippen molar-refractivity contribution in [1.29, 1.82) is 0 Å². The van der Waals surface area contributed by atoms with E-state index in [0.29, 0.717) is 5.56 Å². The Morgan fingerprint density at radius 1 is 0.955 bits per heavy atom. The van der Waals surface area contributed by atoms with E-state index in [1.54, 1.807) is 18.2 Å². The van der Waals surface area contributed by atoms with E-state index < -0.39 is 0 Å². The number of nitrogens with two attached hydrogens (primary N) is 1. The van der Waals surface area contributed by atoms with E-state index in [4.69, 9.17) is 5.73 Å². The van der Waals surface area contributed by atoms with Crippen LogP contribution in [0.5, 0.6) is 23.0 Å². The molecule has 5 heteroatoms. The summed E-state index contributed by atoms with van der Waals surface area (Å²) in [7, 11) is 0. The molecule has 0 heterocycles. The van der Waals surface area contributed by atoms with Gasteiger partial charge in [-0.2, -0.15) is 0 Å². The second-order valence-corrected chi connectivity index (χ2v) is 5.69. The number of benzene rings is 2. The molecule has 5 nitrogen and oxygen atoms in total. The van der Waals surface area contributed by atoms with Crippen molar-refractivity contribution in [2.24, 2.45) is 5.73 Å². The first kappa shape index (κ1) is 14.5. The van der Waals surface area contributed by atoms with Crippen molar-refractivity contribution < 1.29 is 20.4 Å². The van der Waals surface area contributed by atoms with Gasteiger partial charge >= 0.3 is 0 Å². The summed E-state index contributed by atoms with van der Waals surface area (Å²) >= 11 is 0. The van der Waals surface area contributed by atoms with E-state index in [1.165, 1.54) is 6.07 Å². The molecule has 22 heavy (non-hydrogen) atoms. The monoisotopic (exact) mass is 301 g/mol. The van der Waals surface area contributed by atoms with E-state index in [1.807, 2.05) is 0 Å². The minimum absolute atomic E-state index is 0.0275. The standard InChI is InChI=1S/C17H19NO4/c18-8-13-11(4-5-14(19)17(13)22)10-3-1-2-9-6-15(20)16(21)7-12(9)10/h4-7,10,19-22H,1-3,8,18H2. The van der Waals surface area contributed by atoms with Crippen LogP contribution in [0.2, 0.25) is 0 Å². The minimum atomic E-state index is -0.186. The van der Waals surface area contributed by atoms with Gasteiger partial charge in [-0.05, 0) is 54.2 Å². The maximum Gasteiger partial charge on any atom is 0.162 e. The molecule has 2 aromatic rings. The molecule has 0 saturated heterocycles. The summed E-state index contributed by atoms with van der Waals surface area (Å²) in [6.07, 6.45) is 2.63. The molecule has 2 aromatic carbocycles. The van der Waals surface area contributed by atoms with Crippen LogP contribution in [0.1, 0.15) is 41.0 Å². The van der Waals surface area contributed by atoms with Crippen LogP contribution in [0.15, 0.2) is 24.3 Å². The Balaban J connectivity index is 2.16. The van der Waals surface area contributed by atoms with Gasteiger partial charge in [0, 0.05) is 18.0 Å². The van der Waals surface area contributed by atoms with Crippen LogP contribution < -0.4 is 5.73 Å². The molecule has 1 atom stereocenters. The Hall–Kier alpha value is -2.40. The lowest BCUT2D eigenvalue weighted by Gasteiger charge is -2.28. The van der Waals surface area contributed by atoms with Crippen LogP contribution in [0.25, 0.3) is 0 Å². The van der Waals surface area contributed by atoms with E-state index in [-0.39, 0.29) is 35.5 Å². The molecule has 0 saturated carbocycles. The van der Waals surface area contributed by atoms with Crippen LogP contribution >= 0.6 is 0 Å². The zero-order valence-electron chi connectivity index (χ0n) is 12.1. The maximum atomic E-state index is 10.0. The third-order valence-electron chi connectivity index (χ3n) is 4.43. The Kier molecular flexibility index (Phi) is 3.58. The summed E-state index contributed by atoms with van der Waals surface area (Å²) in [5.74, 6) is -0.667. The summed E-state index contributed by atoms with van der Waals surface area (Å²) in [5, 5.41) is 39.2. The average Bonchev–Trinajstić information content (AvgIpc) is 2.50. The maximum absolute atomic E-state index is 10.0. The van der Waals surface area contributed by atoms with Gasteiger partial charge in [0.15, 0.2) is 23.0 Å². The van der Waals surface area contributed by atoms with Crippen molar-refractivity contribution in [3.05, 3.63) is 46.5 Å². The van der Waals surface area contributed by atoms with Crippen molar-refractivity contribution in [2.45, 2.75) is 31.7 Å². The fourth-order valence-corrected chi connectivity index (χ4v) is 3.33. The lowest BCUT2D eigenvalue weighted by atomic mass is 9.77. The SMILES string of the molecule is NCc1c(C2CCCc3cc(O)c(O)cc32)ccc(O)c1O. The molecule has 0 aromatic heterocycles. The number of fused-ring (bicyclic) bond motifs is 1. The first-order chi connectivity index (χ1) is 10.5. The van der Waals surface area contributed by atoms with E-state index >= 15 is 0 Å². The molecule has 0 spiro atoms. The minimum Gasteiger partial charge on any atom is -0.504 e. The Bertz CT molecular complexity index is 727. The highest BCUT2D eigenvalue weighted by molar-refractivity contribution is 5.55. The molecule has 0 fully saturated rings. The molecular weight excluding hydrogens is 282 g/mol. The van der Waals surface area contributed by atoms with E-state index in [9.17, 15) is 20.4 Å². The van der Waals surface area contributed by atoms with Gasteiger partial charge in [-0.25, -0.2) is 0 Å². The number of phenols is 4. The predicted octanol–water partition coefficient (Wildman–Crippen LogP) is 2.44. The zero-order valence-corrected chi connectivity index (χ0v) is 12.1. The molecule has 6 N–H and O–H groups in total. The molecule has 0 radical (unpaired) electrons. The molecule has 0 bridgehead atoms. The quantitative estimate of drug-likeness (QED) is 0.548. The van der Waals surface area contributed by atoms with Gasteiger partial charge in [0.2, 0.25) is 0 Å². The van der Waals surface area contributed by atoms with Gasteiger partial charge in [0.1, 0.15) is 0 Å². The summed E-state index contributed by atoms with van der Waals surface area (Å²) in [4.78, 5) is 0. The van der Waals surface area contributed by atoms with Crippen LogP contribution in [0.4, 0.5) is 0 Å². The van der Waals surface area contributed by atoms with E-state index in [0.717, 1.165) is 36.0 Å². The van der Waals surface area contributed by atoms with Gasteiger partial charge < -0.3 is 26.2 Å². The number of hydrogen-bond acceptors (Lipinski definition) is 5. The molecule has 1 aliphatic carbocycles. The summed E-state index contributed by atoms with van der Waals surface area (Å²) in [6.45, 7) is 0.117. The molecule has 116 valence electrons. The summed E-state index contributed by atoms with van der Waals surface area (Å²) < 4.78 is 0. The predicted molar refractivity (Wildman–Crippen MR) is 82.2 cm³/mol. The van der Waals surface area contributed by atoms with Crippen LogP contribution in [-0.2, 0) is 13.0 Å². The molecule has 0 amide bonds. The Morgan fingerprint density at radius 3 is 2.41 bits per heavy atom. The molecule has 3 rings (SSSR count). The van der Waals surface area contributed by atoms with E-state index in [2.05, 4.69) is 0 Å². The first-order valence-electron chi connectivity index (χ1n) is 7.31. The number of phenolic OH excluding ortho intramolecular Hbond substituents is 4. The molecule has 1 aliphatic rings. The van der Waals surface area contributed by atoms with Crippen molar-refractivity contribution in [2.75, 3.05) is 0 Å². The highest BCUT2D eigenvalue weighted by atomic mass is 16.3. The first-order valence-corrected chi connectivity index (χ1v) is 7.31. The molecule has 1 unspecified atom stereocenters.